The first-order valence-corrected chi connectivity index (χ1v) is 7.70. The average molecular weight is 267 g/mol. The van der Waals surface area contributed by atoms with Gasteiger partial charge in [0.1, 0.15) is 0 Å². The molecule has 2 unspecified atom stereocenters. The zero-order valence-corrected chi connectivity index (χ0v) is 13.1. The largest absolute Gasteiger partial charge is 0.324 e. The van der Waals surface area contributed by atoms with Crippen molar-refractivity contribution in [1.29, 1.82) is 0 Å². The Kier molecular flexibility index (Phi) is 4.21. The molecule has 0 bridgehead atoms. The molecule has 1 saturated carbocycles. The molecule has 1 saturated heterocycles. The Bertz CT molecular complexity index is 338. The zero-order valence-electron chi connectivity index (χ0n) is 13.1. The van der Waals surface area contributed by atoms with Gasteiger partial charge in [-0.2, -0.15) is 0 Å². The molecule has 2 aliphatic rings. The van der Waals surface area contributed by atoms with Gasteiger partial charge in [-0.25, -0.2) is 0 Å². The number of rotatable bonds is 6. The molecule has 1 spiro atoms. The highest BCUT2D eigenvalue weighted by molar-refractivity contribution is 5.91. The van der Waals surface area contributed by atoms with E-state index in [1.165, 1.54) is 0 Å². The van der Waals surface area contributed by atoms with E-state index in [0.29, 0.717) is 17.9 Å². The van der Waals surface area contributed by atoms with Gasteiger partial charge in [-0.3, -0.25) is 10.1 Å². The Morgan fingerprint density at radius 3 is 2.53 bits per heavy atom. The summed E-state index contributed by atoms with van der Waals surface area (Å²) < 4.78 is 0. The number of likely N-dealkylation sites (N-methyl/N-ethyl adjacent to an activating group) is 1. The van der Waals surface area contributed by atoms with Crippen LogP contribution in [-0.2, 0) is 4.79 Å². The van der Waals surface area contributed by atoms with E-state index in [1.807, 2.05) is 0 Å². The predicted octanol–water partition coefficient (Wildman–Crippen LogP) is 1.66. The predicted molar refractivity (Wildman–Crippen MR) is 77.8 cm³/mol. The lowest BCUT2D eigenvalue weighted by atomic mass is 10.1. The van der Waals surface area contributed by atoms with Gasteiger partial charge in [0.15, 0.2) is 0 Å². The molecule has 1 aliphatic carbocycles. The van der Waals surface area contributed by atoms with Gasteiger partial charge in [-0.15, -0.1) is 0 Å². The molecule has 0 aromatic carbocycles. The molecule has 2 atom stereocenters. The van der Waals surface area contributed by atoms with Gasteiger partial charge < -0.3 is 9.80 Å². The highest BCUT2D eigenvalue weighted by Gasteiger charge is 2.59. The van der Waals surface area contributed by atoms with Gasteiger partial charge in [-0.05, 0) is 39.2 Å². The van der Waals surface area contributed by atoms with Crippen molar-refractivity contribution in [3.05, 3.63) is 0 Å². The molecule has 1 aliphatic heterocycles. The van der Waals surface area contributed by atoms with Crippen molar-refractivity contribution in [3.8, 4) is 0 Å². The highest BCUT2D eigenvalue weighted by atomic mass is 16.2. The fraction of sp³-hybridized carbons (Fsp3) is 0.933. The lowest BCUT2D eigenvalue weighted by Crippen LogP contribution is -2.45. The molecule has 1 amide bonds. The minimum absolute atomic E-state index is 0.177. The summed E-state index contributed by atoms with van der Waals surface area (Å²) in [5.41, 5.74) is -0.177. The zero-order chi connectivity index (χ0) is 14.2. The van der Waals surface area contributed by atoms with Crippen LogP contribution < -0.4 is 5.32 Å². The third-order valence-corrected chi connectivity index (χ3v) is 4.85. The number of hydrogen-bond acceptors (Lipinski definition) is 3. The lowest BCUT2D eigenvalue weighted by molar-refractivity contribution is -0.131. The molecule has 19 heavy (non-hydrogen) atoms. The number of nitrogens with zero attached hydrogens (tertiary/aromatic N) is 2. The number of hydrogen-bond donors (Lipinski definition) is 1. The van der Waals surface area contributed by atoms with Gasteiger partial charge in [-0.1, -0.05) is 20.8 Å². The Balaban J connectivity index is 1.95. The first kappa shape index (κ1) is 14.8. The van der Waals surface area contributed by atoms with Crippen molar-refractivity contribution in [3.63, 3.8) is 0 Å². The monoisotopic (exact) mass is 267 g/mol. The van der Waals surface area contributed by atoms with Crippen LogP contribution >= 0.6 is 0 Å². The second-order valence-electron chi connectivity index (χ2n) is 6.65. The topological polar surface area (TPSA) is 35.6 Å². The Labute approximate surface area is 117 Å². The minimum atomic E-state index is -0.177. The number of amides is 1. The summed E-state index contributed by atoms with van der Waals surface area (Å²) in [6, 6.07) is 0.582. The molecular weight excluding hydrogens is 238 g/mol. The van der Waals surface area contributed by atoms with Crippen molar-refractivity contribution < 1.29 is 4.79 Å². The fourth-order valence-electron chi connectivity index (χ4n) is 2.87. The Hall–Kier alpha value is -0.610. The van der Waals surface area contributed by atoms with E-state index in [9.17, 15) is 4.79 Å². The third kappa shape index (κ3) is 2.79. The molecule has 0 aromatic heterocycles. The second-order valence-corrected chi connectivity index (χ2v) is 6.65. The van der Waals surface area contributed by atoms with Crippen LogP contribution in [0.3, 0.4) is 0 Å². The Morgan fingerprint density at radius 1 is 1.42 bits per heavy atom. The fourth-order valence-corrected chi connectivity index (χ4v) is 2.87. The maximum absolute atomic E-state index is 12.5. The summed E-state index contributed by atoms with van der Waals surface area (Å²) in [7, 11) is 2.15. The molecule has 4 heteroatoms. The summed E-state index contributed by atoms with van der Waals surface area (Å²) >= 11 is 0. The van der Waals surface area contributed by atoms with Crippen molar-refractivity contribution in [2.45, 2.75) is 64.7 Å². The SMILES string of the molecule is CCC(C)N(C)CCN1C(=O)C2(CC2)NC1C(C)C. The molecule has 0 radical (unpaired) electrons. The van der Waals surface area contributed by atoms with Gasteiger partial charge in [0.25, 0.3) is 0 Å². The maximum atomic E-state index is 12.5. The molecular formula is C15H29N3O. The van der Waals surface area contributed by atoms with E-state index < -0.39 is 0 Å². The van der Waals surface area contributed by atoms with Crippen LogP contribution in [0.5, 0.6) is 0 Å². The number of carbonyl (C=O) groups excluding carboxylic acids is 1. The van der Waals surface area contributed by atoms with Crippen molar-refractivity contribution in [1.82, 2.24) is 15.1 Å². The molecule has 1 heterocycles. The van der Waals surface area contributed by atoms with Crippen LogP contribution in [-0.4, -0.2) is 53.6 Å². The molecule has 110 valence electrons. The lowest BCUT2D eigenvalue weighted by Gasteiger charge is -2.30. The van der Waals surface area contributed by atoms with Gasteiger partial charge in [0, 0.05) is 19.1 Å². The van der Waals surface area contributed by atoms with Crippen LogP contribution in [0.2, 0.25) is 0 Å². The van der Waals surface area contributed by atoms with E-state index in [-0.39, 0.29) is 11.7 Å². The van der Waals surface area contributed by atoms with E-state index in [4.69, 9.17) is 0 Å². The van der Waals surface area contributed by atoms with E-state index in [0.717, 1.165) is 32.4 Å². The van der Waals surface area contributed by atoms with E-state index >= 15 is 0 Å². The molecule has 0 aromatic rings. The summed E-state index contributed by atoms with van der Waals surface area (Å²) in [5.74, 6) is 0.807. The van der Waals surface area contributed by atoms with Crippen LogP contribution in [0.25, 0.3) is 0 Å². The van der Waals surface area contributed by atoms with Gasteiger partial charge >= 0.3 is 0 Å². The van der Waals surface area contributed by atoms with E-state index in [1.54, 1.807) is 0 Å². The number of carbonyl (C=O) groups is 1. The minimum Gasteiger partial charge on any atom is -0.324 e. The standard InChI is InChI=1S/C15H29N3O/c1-6-12(4)17(5)9-10-18-13(11(2)3)16-15(7-8-15)14(18)19/h11-13,16H,6-10H2,1-5H3. The molecule has 4 nitrogen and oxygen atoms in total. The van der Waals surface area contributed by atoms with Crippen molar-refractivity contribution >= 4 is 5.91 Å². The summed E-state index contributed by atoms with van der Waals surface area (Å²) in [6.45, 7) is 10.6. The number of nitrogens with one attached hydrogen (secondary N) is 1. The van der Waals surface area contributed by atoms with Crippen molar-refractivity contribution in [2.24, 2.45) is 5.92 Å². The normalized spacial score (nSPS) is 26.8. The van der Waals surface area contributed by atoms with Crippen LogP contribution in [0, 0.1) is 5.92 Å². The molecule has 2 rings (SSSR count). The second kappa shape index (κ2) is 5.41. The van der Waals surface area contributed by atoms with Gasteiger partial charge in [0.2, 0.25) is 5.91 Å². The third-order valence-electron chi connectivity index (χ3n) is 4.85. The van der Waals surface area contributed by atoms with Crippen molar-refractivity contribution in [2.75, 3.05) is 20.1 Å². The summed E-state index contributed by atoms with van der Waals surface area (Å²) in [5, 5.41) is 3.57. The first-order chi connectivity index (χ1) is 8.91. The first-order valence-electron chi connectivity index (χ1n) is 7.70. The van der Waals surface area contributed by atoms with Gasteiger partial charge in [0.05, 0.1) is 11.7 Å². The Morgan fingerprint density at radius 2 is 2.05 bits per heavy atom. The van der Waals surface area contributed by atoms with Crippen LogP contribution in [0.1, 0.15) is 47.0 Å². The van der Waals surface area contributed by atoms with E-state index in [2.05, 4.69) is 49.9 Å². The maximum Gasteiger partial charge on any atom is 0.244 e. The smallest absolute Gasteiger partial charge is 0.244 e. The molecule has 2 fully saturated rings. The quantitative estimate of drug-likeness (QED) is 0.795. The van der Waals surface area contributed by atoms with Crippen LogP contribution in [0.4, 0.5) is 0 Å². The average Bonchev–Trinajstić information content (AvgIpc) is 3.10. The van der Waals surface area contributed by atoms with Crippen LogP contribution in [0.15, 0.2) is 0 Å². The highest BCUT2D eigenvalue weighted by Crippen LogP contribution is 2.43. The molecule has 1 N–H and O–H groups in total. The summed E-state index contributed by atoms with van der Waals surface area (Å²) in [6.07, 6.45) is 3.42. The summed E-state index contributed by atoms with van der Waals surface area (Å²) in [4.78, 5) is 16.9.